The second-order valence-corrected chi connectivity index (χ2v) is 9.62. The van der Waals surface area contributed by atoms with Crippen LogP contribution in [0.25, 0.3) is 0 Å². The van der Waals surface area contributed by atoms with Crippen LogP contribution < -0.4 is 27.4 Å². The Kier molecular flexibility index (Phi) is 12.9. The van der Waals surface area contributed by atoms with Crippen molar-refractivity contribution in [2.24, 2.45) is 23.3 Å². The average Bonchev–Trinajstić information content (AvgIpc) is 2.81. The number of rotatable bonds is 15. The molecule has 1 aromatic carbocycles. The number of carbonyl (C=O) groups is 4. The summed E-state index contributed by atoms with van der Waals surface area (Å²) in [6.45, 7) is 7.30. The molecule has 3 amide bonds. The van der Waals surface area contributed by atoms with Gasteiger partial charge in [0, 0.05) is 6.42 Å². The van der Waals surface area contributed by atoms with Crippen molar-refractivity contribution in [1.82, 2.24) is 16.0 Å². The van der Waals surface area contributed by atoms with Crippen molar-refractivity contribution in [1.29, 1.82) is 0 Å². The Bertz CT molecular complexity index is 874. The SMILES string of the molecule is CC(C)C(N)C(=O)NC(Cc1ccc(O)cc1)C(=O)NC(CCCCN)C(=O)NC(C(=O)O)C(C)C. The number of unbranched alkanes of at least 4 members (excludes halogenated alkanes) is 1. The Hall–Kier alpha value is -3.18. The van der Waals surface area contributed by atoms with E-state index in [1.54, 1.807) is 39.8 Å². The first-order valence-electron chi connectivity index (χ1n) is 12.2. The van der Waals surface area contributed by atoms with E-state index in [9.17, 15) is 29.4 Å². The van der Waals surface area contributed by atoms with Gasteiger partial charge < -0.3 is 37.6 Å². The monoisotopic (exact) mass is 507 g/mol. The lowest BCUT2D eigenvalue weighted by Gasteiger charge is -2.26. The van der Waals surface area contributed by atoms with E-state index in [1.807, 2.05) is 0 Å². The van der Waals surface area contributed by atoms with Crippen LogP contribution in [0.4, 0.5) is 0 Å². The molecular formula is C25H41N5O6. The minimum Gasteiger partial charge on any atom is -0.508 e. The molecule has 202 valence electrons. The van der Waals surface area contributed by atoms with Gasteiger partial charge in [0.15, 0.2) is 0 Å². The summed E-state index contributed by atoms with van der Waals surface area (Å²) in [7, 11) is 0. The van der Waals surface area contributed by atoms with E-state index >= 15 is 0 Å². The van der Waals surface area contributed by atoms with Gasteiger partial charge in [-0.3, -0.25) is 14.4 Å². The minimum atomic E-state index is -1.18. The number of hydrogen-bond acceptors (Lipinski definition) is 7. The van der Waals surface area contributed by atoms with Gasteiger partial charge in [0.25, 0.3) is 0 Å². The standard InChI is InChI=1S/C25H41N5O6/c1-14(2)20(27)24(34)29-19(13-16-8-10-17(31)11-9-16)23(33)28-18(7-5-6-12-26)22(32)30-21(15(3)4)25(35)36/h8-11,14-15,18-21,31H,5-7,12-13,26-27H2,1-4H3,(H,28,33)(H,29,34)(H,30,32)(H,35,36). The molecule has 0 saturated heterocycles. The molecule has 0 bridgehead atoms. The largest absolute Gasteiger partial charge is 0.508 e. The summed E-state index contributed by atoms with van der Waals surface area (Å²) in [6.07, 6.45) is 1.47. The third-order valence-electron chi connectivity index (χ3n) is 5.84. The highest BCUT2D eigenvalue weighted by atomic mass is 16.4. The number of carboxylic acid groups (broad SMARTS) is 1. The van der Waals surface area contributed by atoms with Crippen molar-refractivity contribution in [3.8, 4) is 5.75 Å². The summed E-state index contributed by atoms with van der Waals surface area (Å²) in [6, 6.07) is 2.12. The zero-order valence-corrected chi connectivity index (χ0v) is 21.5. The van der Waals surface area contributed by atoms with Crippen molar-refractivity contribution in [2.45, 2.75) is 77.5 Å². The third-order valence-corrected chi connectivity index (χ3v) is 5.84. The molecule has 0 spiro atoms. The van der Waals surface area contributed by atoms with Crippen LogP contribution in [0, 0.1) is 11.8 Å². The molecule has 1 aromatic rings. The van der Waals surface area contributed by atoms with Crippen molar-refractivity contribution >= 4 is 23.7 Å². The molecule has 4 unspecified atom stereocenters. The summed E-state index contributed by atoms with van der Waals surface area (Å²) in [5.41, 5.74) is 12.2. The number of phenols is 1. The highest BCUT2D eigenvalue weighted by molar-refractivity contribution is 5.94. The van der Waals surface area contributed by atoms with E-state index in [0.29, 0.717) is 24.9 Å². The Morgan fingerprint density at radius 3 is 1.89 bits per heavy atom. The van der Waals surface area contributed by atoms with Gasteiger partial charge >= 0.3 is 5.97 Å². The molecule has 0 saturated carbocycles. The number of amides is 3. The number of benzene rings is 1. The summed E-state index contributed by atoms with van der Waals surface area (Å²) in [5, 5.41) is 26.8. The number of carbonyl (C=O) groups excluding carboxylic acids is 3. The highest BCUT2D eigenvalue weighted by Crippen LogP contribution is 2.13. The van der Waals surface area contributed by atoms with E-state index in [0.717, 1.165) is 0 Å². The van der Waals surface area contributed by atoms with E-state index in [1.165, 1.54) is 12.1 Å². The lowest BCUT2D eigenvalue weighted by atomic mass is 10.0. The average molecular weight is 508 g/mol. The number of hydrogen-bond donors (Lipinski definition) is 7. The van der Waals surface area contributed by atoms with Gasteiger partial charge in [-0.15, -0.1) is 0 Å². The van der Waals surface area contributed by atoms with Gasteiger partial charge in [0.1, 0.15) is 23.9 Å². The number of aromatic hydroxyl groups is 1. The van der Waals surface area contributed by atoms with Gasteiger partial charge in [-0.25, -0.2) is 4.79 Å². The van der Waals surface area contributed by atoms with E-state index < -0.39 is 47.9 Å². The van der Waals surface area contributed by atoms with Crippen LogP contribution in [0.15, 0.2) is 24.3 Å². The van der Waals surface area contributed by atoms with Crippen LogP contribution in [-0.4, -0.2) is 64.6 Å². The molecule has 0 aliphatic carbocycles. The van der Waals surface area contributed by atoms with Crippen molar-refractivity contribution in [3.05, 3.63) is 29.8 Å². The first kappa shape index (κ1) is 30.9. The molecule has 36 heavy (non-hydrogen) atoms. The Labute approximate surface area is 212 Å². The zero-order chi connectivity index (χ0) is 27.4. The summed E-state index contributed by atoms with van der Waals surface area (Å²) in [4.78, 5) is 50.5. The van der Waals surface area contributed by atoms with Gasteiger partial charge in [0.2, 0.25) is 17.7 Å². The molecule has 0 aromatic heterocycles. The molecule has 4 atom stereocenters. The van der Waals surface area contributed by atoms with Crippen LogP contribution in [0.3, 0.4) is 0 Å². The summed E-state index contributed by atoms with van der Waals surface area (Å²) < 4.78 is 0. The van der Waals surface area contributed by atoms with Crippen LogP contribution in [0.1, 0.15) is 52.5 Å². The zero-order valence-electron chi connectivity index (χ0n) is 21.5. The van der Waals surface area contributed by atoms with Crippen LogP contribution in [-0.2, 0) is 25.6 Å². The fourth-order valence-electron chi connectivity index (χ4n) is 3.45. The van der Waals surface area contributed by atoms with Gasteiger partial charge in [-0.2, -0.15) is 0 Å². The first-order chi connectivity index (χ1) is 16.9. The summed E-state index contributed by atoms with van der Waals surface area (Å²) >= 11 is 0. The van der Waals surface area contributed by atoms with Crippen molar-refractivity contribution < 1.29 is 29.4 Å². The molecule has 11 heteroatoms. The normalized spacial score (nSPS) is 14.6. The molecule has 1 rings (SSSR count). The van der Waals surface area contributed by atoms with E-state index in [-0.39, 0.29) is 30.4 Å². The maximum atomic E-state index is 13.3. The smallest absolute Gasteiger partial charge is 0.326 e. The van der Waals surface area contributed by atoms with Crippen molar-refractivity contribution in [2.75, 3.05) is 6.54 Å². The number of aliphatic carboxylic acids is 1. The minimum absolute atomic E-state index is 0.0559. The van der Waals surface area contributed by atoms with Crippen LogP contribution in [0.2, 0.25) is 0 Å². The maximum Gasteiger partial charge on any atom is 0.326 e. The van der Waals surface area contributed by atoms with E-state index in [2.05, 4.69) is 16.0 Å². The number of nitrogens with two attached hydrogens (primary N) is 2. The Morgan fingerprint density at radius 1 is 0.833 bits per heavy atom. The molecule has 9 N–H and O–H groups in total. The predicted octanol–water partition coefficient (Wildman–Crippen LogP) is 0.242. The second kappa shape index (κ2) is 15.0. The summed E-state index contributed by atoms with van der Waals surface area (Å²) in [5.74, 6) is -3.41. The van der Waals surface area contributed by atoms with Gasteiger partial charge in [-0.1, -0.05) is 39.8 Å². The lowest BCUT2D eigenvalue weighted by Crippen LogP contribution is -2.58. The van der Waals surface area contributed by atoms with E-state index in [4.69, 9.17) is 11.5 Å². The first-order valence-corrected chi connectivity index (χ1v) is 12.2. The number of phenolic OH excluding ortho intramolecular Hbond substituents is 1. The van der Waals surface area contributed by atoms with Crippen LogP contribution >= 0.6 is 0 Å². The molecule has 0 aliphatic rings. The molecular weight excluding hydrogens is 466 g/mol. The number of carboxylic acids is 1. The highest BCUT2D eigenvalue weighted by Gasteiger charge is 2.31. The maximum absolute atomic E-state index is 13.3. The Balaban J connectivity index is 3.14. The molecule has 0 radical (unpaired) electrons. The topological polar surface area (TPSA) is 197 Å². The predicted molar refractivity (Wildman–Crippen MR) is 136 cm³/mol. The van der Waals surface area contributed by atoms with Gasteiger partial charge in [-0.05, 0) is 55.3 Å². The van der Waals surface area contributed by atoms with Gasteiger partial charge in [0.05, 0.1) is 6.04 Å². The van der Waals surface area contributed by atoms with Crippen molar-refractivity contribution in [3.63, 3.8) is 0 Å². The molecule has 0 heterocycles. The second-order valence-electron chi connectivity index (χ2n) is 9.62. The molecule has 0 aliphatic heterocycles. The fourth-order valence-corrected chi connectivity index (χ4v) is 3.45. The molecule has 11 nitrogen and oxygen atoms in total. The quantitative estimate of drug-likeness (QED) is 0.164. The molecule has 0 fully saturated rings. The number of nitrogens with one attached hydrogen (secondary N) is 3. The Morgan fingerprint density at radius 2 is 1.39 bits per heavy atom. The van der Waals surface area contributed by atoms with Crippen LogP contribution in [0.5, 0.6) is 5.75 Å². The lowest BCUT2D eigenvalue weighted by molar-refractivity contribution is -0.143. The third kappa shape index (κ3) is 10.2. The fraction of sp³-hybridized carbons (Fsp3) is 0.600.